The Kier molecular flexibility index (Phi) is 6.70. The average Bonchev–Trinajstić information content (AvgIpc) is 2.17. The molecule has 1 fully saturated rings. The largest absolute Gasteiger partial charge is 0.315 e. The van der Waals surface area contributed by atoms with Gasteiger partial charge < -0.3 is 5.32 Å². The molecule has 7 heteroatoms. The van der Waals surface area contributed by atoms with E-state index >= 15 is 0 Å². The Morgan fingerprint density at radius 3 is 2.67 bits per heavy atom. The summed E-state index contributed by atoms with van der Waals surface area (Å²) in [5.74, 6) is 0. The molecule has 15 heavy (non-hydrogen) atoms. The Balaban J connectivity index is 0.00000196. The minimum atomic E-state index is -3.27. The molecule has 0 spiro atoms. The number of hydrogen-bond acceptors (Lipinski definition) is 3. The van der Waals surface area contributed by atoms with Gasteiger partial charge in [-0.2, -0.15) is 17.4 Å². The quantitative estimate of drug-likeness (QED) is 0.742. The molecular weight excluding hydrogens is 238 g/mol. The topological polar surface area (TPSA) is 61.4 Å². The fourth-order valence-corrected chi connectivity index (χ4v) is 2.57. The summed E-state index contributed by atoms with van der Waals surface area (Å²) in [6.45, 7) is 4.03. The molecule has 1 aliphatic heterocycles. The van der Waals surface area contributed by atoms with Crippen molar-refractivity contribution in [2.45, 2.75) is 25.8 Å². The van der Waals surface area contributed by atoms with Crippen molar-refractivity contribution in [3.05, 3.63) is 0 Å². The van der Waals surface area contributed by atoms with E-state index in [9.17, 15) is 8.42 Å². The van der Waals surface area contributed by atoms with Gasteiger partial charge in [0.1, 0.15) is 0 Å². The number of nitrogens with one attached hydrogen (secondary N) is 2. The number of rotatable bonds is 4. The van der Waals surface area contributed by atoms with Crippen molar-refractivity contribution in [1.82, 2.24) is 14.3 Å². The maximum atomic E-state index is 11.6. The fourth-order valence-electron chi connectivity index (χ4n) is 1.42. The van der Waals surface area contributed by atoms with Gasteiger partial charge in [-0.1, -0.05) is 6.92 Å². The molecule has 0 bridgehead atoms. The smallest absolute Gasteiger partial charge is 0.279 e. The van der Waals surface area contributed by atoms with Gasteiger partial charge in [0, 0.05) is 26.2 Å². The van der Waals surface area contributed by atoms with Gasteiger partial charge in [-0.05, 0) is 19.4 Å². The Labute approximate surface area is 98.2 Å². The first kappa shape index (κ1) is 15.1. The molecule has 0 unspecified atom stereocenters. The summed E-state index contributed by atoms with van der Waals surface area (Å²) in [5, 5.41) is 3.17. The molecule has 1 aliphatic rings. The van der Waals surface area contributed by atoms with Crippen LogP contribution in [0.5, 0.6) is 0 Å². The highest BCUT2D eigenvalue weighted by Gasteiger charge is 2.22. The highest BCUT2D eigenvalue weighted by Crippen LogP contribution is 2.04. The molecule has 1 heterocycles. The number of halogens is 1. The van der Waals surface area contributed by atoms with Crippen molar-refractivity contribution in [3.8, 4) is 0 Å². The summed E-state index contributed by atoms with van der Waals surface area (Å²) < 4.78 is 27.2. The third kappa shape index (κ3) is 4.65. The summed E-state index contributed by atoms with van der Waals surface area (Å²) in [5.41, 5.74) is 0. The van der Waals surface area contributed by atoms with Crippen LogP contribution in [-0.2, 0) is 10.2 Å². The van der Waals surface area contributed by atoms with Crippen molar-refractivity contribution in [1.29, 1.82) is 0 Å². The first-order valence-corrected chi connectivity index (χ1v) is 6.44. The van der Waals surface area contributed by atoms with Gasteiger partial charge in [0.2, 0.25) is 0 Å². The van der Waals surface area contributed by atoms with E-state index in [0.717, 1.165) is 25.9 Å². The van der Waals surface area contributed by atoms with Crippen LogP contribution in [0.25, 0.3) is 0 Å². The monoisotopic (exact) mass is 257 g/mol. The van der Waals surface area contributed by atoms with Crippen LogP contribution in [-0.4, -0.2) is 45.4 Å². The van der Waals surface area contributed by atoms with E-state index in [1.165, 1.54) is 4.31 Å². The lowest BCUT2D eigenvalue weighted by atomic mass is 10.1. The van der Waals surface area contributed by atoms with Crippen molar-refractivity contribution < 1.29 is 8.42 Å². The third-order valence-electron chi connectivity index (χ3n) is 2.47. The van der Waals surface area contributed by atoms with Gasteiger partial charge in [-0.3, -0.25) is 0 Å². The van der Waals surface area contributed by atoms with Crippen LogP contribution in [0.4, 0.5) is 0 Å². The molecule has 92 valence electrons. The molecule has 1 atom stereocenters. The highest BCUT2D eigenvalue weighted by atomic mass is 35.5. The van der Waals surface area contributed by atoms with Crippen LogP contribution >= 0.6 is 12.4 Å². The molecule has 0 aromatic rings. The maximum absolute atomic E-state index is 11.6. The van der Waals surface area contributed by atoms with E-state index in [0.29, 0.717) is 6.54 Å². The summed E-state index contributed by atoms with van der Waals surface area (Å²) in [7, 11) is -1.68. The molecule has 1 saturated heterocycles. The van der Waals surface area contributed by atoms with Crippen LogP contribution in [0.15, 0.2) is 0 Å². The van der Waals surface area contributed by atoms with Crippen LogP contribution in [0, 0.1) is 0 Å². The van der Waals surface area contributed by atoms with E-state index < -0.39 is 10.2 Å². The Morgan fingerprint density at radius 2 is 2.20 bits per heavy atom. The third-order valence-corrected chi connectivity index (χ3v) is 4.18. The lowest BCUT2D eigenvalue weighted by molar-refractivity contribution is 0.407. The zero-order valence-corrected chi connectivity index (χ0v) is 10.8. The van der Waals surface area contributed by atoms with Crippen molar-refractivity contribution in [3.63, 3.8) is 0 Å². The molecule has 0 aromatic carbocycles. The first-order valence-electron chi connectivity index (χ1n) is 5.00. The van der Waals surface area contributed by atoms with E-state index in [4.69, 9.17) is 0 Å². The molecule has 5 nitrogen and oxygen atoms in total. The number of piperidine rings is 1. The molecule has 0 saturated carbocycles. The Hall–Kier alpha value is 0.120. The first-order chi connectivity index (χ1) is 6.56. The van der Waals surface area contributed by atoms with Gasteiger partial charge >= 0.3 is 0 Å². The van der Waals surface area contributed by atoms with E-state index in [1.54, 1.807) is 7.05 Å². The molecule has 0 radical (unpaired) electrons. The van der Waals surface area contributed by atoms with Gasteiger partial charge in [-0.15, -0.1) is 12.4 Å². The van der Waals surface area contributed by atoms with E-state index in [1.807, 2.05) is 6.92 Å². The zero-order chi connectivity index (χ0) is 10.6. The predicted octanol–water partition coefficient (Wildman–Crippen LogP) is -0.0537. The molecule has 0 aliphatic carbocycles. The summed E-state index contributed by atoms with van der Waals surface area (Å²) in [4.78, 5) is 0. The normalized spacial score (nSPS) is 22.5. The van der Waals surface area contributed by atoms with E-state index in [2.05, 4.69) is 10.0 Å². The Morgan fingerprint density at radius 1 is 1.53 bits per heavy atom. The van der Waals surface area contributed by atoms with Gasteiger partial charge in [0.25, 0.3) is 10.2 Å². The minimum Gasteiger partial charge on any atom is -0.315 e. The lowest BCUT2D eigenvalue weighted by Crippen LogP contribution is -2.49. The summed E-state index contributed by atoms with van der Waals surface area (Å²) in [6, 6.07) is 0.0442. The molecule has 2 N–H and O–H groups in total. The summed E-state index contributed by atoms with van der Waals surface area (Å²) >= 11 is 0. The van der Waals surface area contributed by atoms with Crippen molar-refractivity contribution in [2.75, 3.05) is 26.7 Å². The van der Waals surface area contributed by atoms with Crippen LogP contribution in [0.1, 0.15) is 19.8 Å². The Bertz CT molecular complexity index is 265. The average molecular weight is 258 g/mol. The molecule has 0 amide bonds. The second-order valence-electron chi connectivity index (χ2n) is 3.58. The highest BCUT2D eigenvalue weighted by molar-refractivity contribution is 7.87. The van der Waals surface area contributed by atoms with Gasteiger partial charge in [-0.25, -0.2) is 0 Å². The van der Waals surface area contributed by atoms with Gasteiger partial charge in [0.05, 0.1) is 0 Å². The maximum Gasteiger partial charge on any atom is 0.279 e. The van der Waals surface area contributed by atoms with Crippen LogP contribution in [0.3, 0.4) is 0 Å². The molecule has 0 aromatic heterocycles. The SMILES string of the molecule is CCN(C)S(=O)(=O)N[C@@H]1CCCNC1.Cl. The summed E-state index contributed by atoms with van der Waals surface area (Å²) in [6.07, 6.45) is 1.95. The predicted molar refractivity (Wildman–Crippen MR) is 63.5 cm³/mol. The van der Waals surface area contributed by atoms with Gasteiger partial charge in [0.15, 0.2) is 0 Å². The van der Waals surface area contributed by atoms with Crippen LogP contribution in [0.2, 0.25) is 0 Å². The lowest BCUT2D eigenvalue weighted by Gasteiger charge is -2.25. The molecule has 1 rings (SSSR count). The molecular formula is C8H20ClN3O2S. The van der Waals surface area contributed by atoms with Crippen molar-refractivity contribution in [2.24, 2.45) is 0 Å². The van der Waals surface area contributed by atoms with E-state index in [-0.39, 0.29) is 18.4 Å². The second-order valence-corrected chi connectivity index (χ2v) is 5.39. The minimum absolute atomic E-state index is 0. The zero-order valence-electron chi connectivity index (χ0n) is 9.19. The van der Waals surface area contributed by atoms with Crippen molar-refractivity contribution >= 4 is 22.6 Å². The number of hydrogen-bond donors (Lipinski definition) is 2. The number of nitrogens with zero attached hydrogens (tertiary/aromatic N) is 1. The second kappa shape index (κ2) is 6.65. The standard InChI is InChI=1S/C8H19N3O2S.ClH/c1-3-11(2)14(12,13)10-8-5-4-6-9-7-8;/h8-10H,3-7H2,1-2H3;1H/t8-;/m1./s1. The fraction of sp³-hybridized carbons (Fsp3) is 1.00. The van der Waals surface area contributed by atoms with Crippen LogP contribution < -0.4 is 10.0 Å².